The Morgan fingerprint density at radius 3 is 2.61 bits per heavy atom. The molecule has 0 bridgehead atoms. The van der Waals surface area contributed by atoms with E-state index in [1.54, 1.807) is 13.2 Å². The minimum absolute atomic E-state index is 0.243. The van der Waals surface area contributed by atoms with E-state index < -0.39 is 0 Å². The number of amides is 2. The molecule has 0 saturated carbocycles. The summed E-state index contributed by atoms with van der Waals surface area (Å²) in [4.78, 5) is 27.6. The van der Waals surface area contributed by atoms with Gasteiger partial charge < -0.3 is 15.4 Å². The first-order chi connectivity index (χ1) is 13.7. The number of nitrogens with zero attached hydrogens (tertiary/aromatic N) is 5. The maximum absolute atomic E-state index is 11.9. The molecular formula is C18H21N7O3. The zero-order valence-electron chi connectivity index (χ0n) is 15.4. The van der Waals surface area contributed by atoms with Crippen molar-refractivity contribution < 1.29 is 9.53 Å². The molecule has 2 heterocycles. The van der Waals surface area contributed by atoms with Gasteiger partial charge >= 0.3 is 6.03 Å². The van der Waals surface area contributed by atoms with E-state index in [4.69, 9.17) is 4.74 Å². The first-order valence-corrected chi connectivity index (χ1v) is 8.73. The first kappa shape index (κ1) is 19.1. The maximum Gasteiger partial charge on any atom is 0.314 e. The van der Waals surface area contributed by atoms with Gasteiger partial charge in [-0.25, -0.2) is 19.1 Å². The average Bonchev–Trinajstić information content (AvgIpc) is 3.25. The fourth-order valence-corrected chi connectivity index (χ4v) is 2.50. The molecule has 10 nitrogen and oxygen atoms in total. The van der Waals surface area contributed by atoms with Crippen molar-refractivity contribution in [3.8, 4) is 11.6 Å². The van der Waals surface area contributed by atoms with Crippen molar-refractivity contribution >= 4 is 6.03 Å². The van der Waals surface area contributed by atoms with Gasteiger partial charge in [0.25, 0.3) is 5.56 Å². The first-order valence-electron chi connectivity index (χ1n) is 8.73. The molecule has 2 aromatic heterocycles. The lowest BCUT2D eigenvalue weighted by atomic mass is 10.1. The van der Waals surface area contributed by atoms with Crippen molar-refractivity contribution in [3.63, 3.8) is 0 Å². The van der Waals surface area contributed by atoms with Crippen molar-refractivity contribution in [3.05, 3.63) is 65.0 Å². The number of rotatable bonds is 8. The smallest absolute Gasteiger partial charge is 0.314 e. The van der Waals surface area contributed by atoms with Gasteiger partial charge in [-0.1, -0.05) is 12.1 Å². The molecule has 3 aromatic rings. The Hall–Kier alpha value is -3.69. The summed E-state index contributed by atoms with van der Waals surface area (Å²) in [7, 11) is 1.62. The molecule has 0 aliphatic rings. The number of ether oxygens (including phenoxy) is 1. The fourth-order valence-electron chi connectivity index (χ4n) is 2.50. The molecule has 0 radical (unpaired) electrons. The van der Waals surface area contributed by atoms with Gasteiger partial charge in [0.05, 0.1) is 13.7 Å². The average molecular weight is 383 g/mol. The molecule has 0 saturated heterocycles. The van der Waals surface area contributed by atoms with Crippen molar-refractivity contribution in [1.29, 1.82) is 0 Å². The molecular weight excluding hydrogens is 362 g/mol. The molecule has 10 heteroatoms. The highest BCUT2D eigenvalue weighted by atomic mass is 16.5. The number of aromatic nitrogens is 5. The number of benzene rings is 1. The van der Waals surface area contributed by atoms with Crippen molar-refractivity contribution in [2.45, 2.75) is 13.0 Å². The molecule has 0 atom stereocenters. The summed E-state index contributed by atoms with van der Waals surface area (Å²) < 4.78 is 7.84. The van der Waals surface area contributed by atoms with E-state index in [0.717, 1.165) is 11.3 Å². The quantitative estimate of drug-likeness (QED) is 0.581. The van der Waals surface area contributed by atoms with Gasteiger partial charge in [0.15, 0.2) is 5.82 Å². The minimum Gasteiger partial charge on any atom is -0.497 e. The lowest BCUT2D eigenvalue weighted by Gasteiger charge is -2.09. The predicted molar refractivity (Wildman–Crippen MR) is 102 cm³/mol. The maximum atomic E-state index is 11.9. The van der Waals surface area contributed by atoms with Crippen LogP contribution in [0.1, 0.15) is 5.56 Å². The van der Waals surface area contributed by atoms with Crippen LogP contribution in [0.2, 0.25) is 0 Å². The Kier molecular flexibility index (Phi) is 6.34. The van der Waals surface area contributed by atoms with Gasteiger partial charge in [-0.05, 0) is 30.2 Å². The molecule has 0 aliphatic heterocycles. The summed E-state index contributed by atoms with van der Waals surface area (Å²) in [6.07, 6.45) is 3.58. The van der Waals surface area contributed by atoms with Crippen molar-refractivity contribution in [2.24, 2.45) is 0 Å². The van der Waals surface area contributed by atoms with Gasteiger partial charge in [-0.3, -0.25) is 4.79 Å². The van der Waals surface area contributed by atoms with Gasteiger partial charge in [0.1, 0.15) is 18.4 Å². The number of hydrogen-bond acceptors (Lipinski definition) is 6. The van der Waals surface area contributed by atoms with Crippen LogP contribution in [0, 0.1) is 0 Å². The topological polar surface area (TPSA) is 116 Å². The van der Waals surface area contributed by atoms with Crippen LogP contribution in [0.25, 0.3) is 5.82 Å². The number of nitrogens with one attached hydrogen (secondary N) is 2. The summed E-state index contributed by atoms with van der Waals surface area (Å²) >= 11 is 0. The highest BCUT2D eigenvalue weighted by molar-refractivity contribution is 5.73. The second kappa shape index (κ2) is 9.31. The second-order valence-electron chi connectivity index (χ2n) is 5.87. The third-order valence-electron chi connectivity index (χ3n) is 3.97. The predicted octanol–water partition coefficient (Wildman–Crippen LogP) is 0.375. The summed E-state index contributed by atoms with van der Waals surface area (Å²) in [5.41, 5.74) is 0.840. The molecule has 0 fully saturated rings. The monoisotopic (exact) mass is 383 g/mol. The minimum atomic E-state index is -0.297. The van der Waals surface area contributed by atoms with Crippen LogP contribution in [0.4, 0.5) is 4.79 Å². The zero-order valence-corrected chi connectivity index (χ0v) is 15.4. The van der Waals surface area contributed by atoms with Crippen LogP contribution >= 0.6 is 0 Å². The largest absolute Gasteiger partial charge is 0.497 e. The van der Waals surface area contributed by atoms with E-state index in [2.05, 4.69) is 25.8 Å². The Labute approximate surface area is 161 Å². The van der Waals surface area contributed by atoms with Crippen LogP contribution in [0.5, 0.6) is 5.75 Å². The van der Waals surface area contributed by atoms with Crippen LogP contribution in [-0.2, 0) is 13.0 Å². The zero-order chi connectivity index (χ0) is 19.8. The van der Waals surface area contributed by atoms with E-state index >= 15 is 0 Å². The van der Waals surface area contributed by atoms with E-state index in [9.17, 15) is 9.59 Å². The number of carbonyl (C=O) groups is 1. The lowest BCUT2D eigenvalue weighted by Crippen LogP contribution is -2.39. The normalized spacial score (nSPS) is 10.5. The Bertz CT molecular complexity index is 952. The molecule has 3 rings (SSSR count). The Morgan fingerprint density at radius 2 is 1.89 bits per heavy atom. The molecule has 146 valence electrons. The molecule has 2 amide bonds. The van der Waals surface area contributed by atoms with Crippen LogP contribution < -0.4 is 20.9 Å². The number of hydrogen-bond donors (Lipinski definition) is 2. The van der Waals surface area contributed by atoms with Crippen LogP contribution in [-0.4, -0.2) is 50.8 Å². The molecule has 28 heavy (non-hydrogen) atoms. The fraction of sp³-hybridized carbons (Fsp3) is 0.278. The molecule has 1 aromatic carbocycles. The van der Waals surface area contributed by atoms with Gasteiger partial charge in [0, 0.05) is 19.2 Å². The number of methoxy groups -OCH3 is 1. The molecule has 2 N–H and O–H groups in total. The molecule has 0 aliphatic carbocycles. The van der Waals surface area contributed by atoms with E-state index in [1.165, 1.54) is 28.1 Å². The Morgan fingerprint density at radius 1 is 1.11 bits per heavy atom. The summed E-state index contributed by atoms with van der Waals surface area (Å²) in [5, 5.41) is 13.7. The van der Waals surface area contributed by atoms with E-state index in [0.29, 0.717) is 18.8 Å². The third-order valence-corrected chi connectivity index (χ3v) is 3.97. The third kappa shape index (κ3) is 5.16. The van der Waals surface area contributed by atoms with Crippen LogP contribution in [0.15, 0.2) is 53.8 Å². The molecule has 0 spiro atoms. The van der Waals surface area contributed by atoms with Gasteiger partial charge in [0.2, 0.25) is 0 Å². The number of carbonyl (C=O) groups excluding carboxylic acids is 1. The summed E-state index contributed by atoms with van der Waals surface area (Å²) in [6.45, 7) is 1.01. The summed E-state index contributed by atoms with van der Waals surface area (Å²) in [6, 6.07) is 10.3. The summed E-state index contributed by atoms with van der Waals surface area (Å²) in [5.74, 6) is 1.27. The Balaban J connectivity index is 1.42. The lowest BCUT2D eigenvalue weighted by molar-refractivity contribution is 0.240. The number of urea groups is 1. The standard InChI is InChI=1S/C18H21N7O3/c1-28-15-4-2-14(3-5-15)8-9-20-18(27)21-10-11-24-17(26)7-6-16(23-24)25-13-19-12-22-25/h2-7,12-13H,8-11H2,1H3,(H2,20,21,27). The highest BCUT2D eigenvalue weighted by Gasteiger charge is 2.05. The van der Waals surface area contributed by atoms with Gasteiger partial charge in [-0.15, -0.1) is 5.10 Å². The van der Waals surface area contributed by atoms with Crippen molar-refractivity contribution in [1.82, 2.24) is 35.2 Å². The SMILES string of the molecule is COc1ccc(CCNC(=O)NCCn2nc(-n3cncn3)ccc2=O)cc1. The van der Waals surface area contributed by atoms with Gasteiger partial charge in [-0.2, -0.15) is 5.10 Å². The second-order valence-corrected chi connectivity index (χ2v) is 5.87. The molecule has 0 unspecified atom stereocenters. The van der Waals surface area contributed by atoms with Crippen molar-refractivity contribution in [2.75, 3.05) is 20.2 Å². The highest BCUT2D eigenvalue weighted by Crippen LogP contribution is 2.11. The van der Waals surface area contributed by atoms with E-state index in [-0.39, 0.29) is 24.7 Å². The van der Waals surface area contributed by atoms with E-state index in [1.807, 2.05) is 24.3 Å². The van der Waals surface area contributed by atoms with Crippen LogP contribution in [0.3, 0.4) is 0 Å².